The third-order valence-corrected chi connectivity index (χ3v) is 3.52. The molecule has 0 N–H and O–H groups in total. The van der Waals surface area contributed by atoms with Crippen LogP contribution in [0.5, 0.6) is 0 Å². The third-order valence-electron chi connectivity index (χ3n) is 2.45. The molecule has 0 saturated carbocycles. The molecule has 6 heteroatoms. The SMILES string of the molecule is CC(C)N(N=Nc1c(Br)cc(Br)cc1C#N)C(C)C. The first-order chi connectivity index (χ1) is 8.86. The standard InChI is InChI=1S/C13H16Br2N4/c1-8(2)19(9(3)4)18-17-13-10(7-16)5-11(14)6-12(13)15/h5-6,8-9H,1-4H3. The molecule has 0 aliphatic carbocycles. The van der Waals surface area contributed by atoms with Gasteiger partial charge in [0.05, 0.1) is 5.56 Å². The van der Waals surface area contributed by atoms with Gasteiger partial charge < -0.3 is 0 Å². The smallest absolute Gasteiger partial charge is 0.119 e. The van der Waals surface area contributed by atoms with Crippen molar-refractivity contribution in [1.29, 1.82) is 5.26 Å². The van der Waals surface area contributed by atoms with Gasteiger partial charge in [0.25, 0.3) is 0 Å². The molecule has 0 fully saturated rings. The Balaban J connectivity index is 3.15. The van der Waals surface area contributed by atoms with Crippen LogP contribution in [0.2, 0.25) is 0 Å². The van der Waals surface area contributed by atoms with Gasteiger partial charge in [-0.05, 0) is 55.8 Å². The van der Waals surface area contributed by atoms with Crippen molar-refractivity contribution in [1.82, 2.24) is 5.01 Å². The molecule has 0 atom stereocenters. The van der Waals surface area contributed by atoms with Crippen molar-refractivity contribution >= 4 is 37.5 Å². The van der Waals surface area contributed by atoms with E-state index in [-0.39, 0.29) is 12.1 Å². The summed E-state index contributed by atoms with van der Waals surface area (Å²) >= 11 is 6.76. The van der Waals surface area contributed by atoms with Crippen molar-refractivity contribution in [3.63, 3.8) is 0 Å². The quantitative estimate of drug-likeness (QED) is 0.526. The van der Waals surface area contributed by atoms with Gasteiger partial charge in [-0.3, -0.25) is 5.01 Å². The maximum Gasteiger partial charge on any atom is 0.119 e. The maximum absolute atomic E-state index is 9.14. The van der Waals surface area contributed by atoms with E-state index in [2.05, 4.69) is 76.0 Å². The van der Waals surface area contributed by atoms with Crippen molar-refractivity contribution in [2.45, 2.75) is 39.8 Å². The van der Waals surface area contributed by atoms with E-state index in [0.29, 0.717) is 11.3 Å². The number of hydrogen-bond donors (Lipinski definition) is 0. The van der Waals surface area contributed by atoms with E-state index in [1.54, 1.807) is 6.07 Å². The van der Waals surface area contributed by atoms with Crippen molar-refractivity contribution < 1.29 is 0 Å². The Morgan fingerprint density at radius 3 is 2.21 bits per heavy atom. The normalized spacial score (nSPS) is 11.3. The minimum atomic E-state index is 0.253. The first kappa shape index (κ1) is 16.1. The molecule has 0 radical (unpaired) electrons. The second-order valence-electron chi connectivity index (χ2n) is 4.65. The molecule has 4 nitrogen and oxygen atoms in total. The Labute approximate surface area is 130 Å². The van der Waals surface area contributed by atoms with Gasteiger partial charge in [0, 0.05) is 21.0 Å². The number of hydrogen-bond acceptors (Lipinski definition) is 3. The number of halogens is 2. The average molecular weight is 388 g/mol. The molecule has 0 heterocycles. The molecule has 19 heavy (non-hydrogen) atoms. The van der Waals surface area contributed by atoms with Gasteiger partial charge in [0.1, 0.15) is 11.8 Å². The topological polar surface area (TPSA) is 51.8 Å². The Kier molecular flexibility index (Phi) is 5.95. The van der Waals surface area contributed by atoms with Gasteiger partial charge in [0.15, 0.2) is 0 Å². The summed E-state index contributed by atoms with van der Waals surface area (Å²) in [5, 5.41) is 19.5. The van der Waals surface area contributed by atoms with Crippen molar-refractivity contribution in [2.24, 2.45) is 10.3 Å². The zero-order chi connectivity index (χ0) is 14.6. The zero-order valence-corrected chi connectivity index (χ0v) is 14.5. The van der Waals surface area contributed by atoms with Gasteiger partial charge in [-0.1, -0.05) is 21.2 Å². The van der Waals surface area contributed by atoms with Gasteiger partial charge in [0.2, 0.25) is 0 Å². The number of nitrogens with zero attached hydrogens (tertiary/aromatic N) is 4. The molecule has 1 aromatic rings. The van der Waals surface area contributed by atoms with E-state index in [1.165, 1.54) is 0 Å². The van der Waals surface area contributed by atoms with Crippen LogP contribution in [0.15, 0.2) is 31.4 Å². The highest BCUT2D eigenvalue weighted by atomic mass is 79.9. The van der Waals surface area contributed by atoms with E-state index in [9.17, 15) is 0 Å². The Hall–Kier alpha value is -0.930. The molecule has 0 amide bonds. The predicted molar refractivity (Wildman–Crippen MR) is 83.2 cm³/mol. The van der Waals surface area contributed by atoms with E-state index >= 15 is 0 Å². The van der Waals surface area contributed by atoms with Crippen LogP contribution in [0, 0.1) is 11.3 Å². The Bertz CT molecular complexity index is 510. The fraction of sp³-hybridized carbons (Fsp3) is 0.462. The summed E-state index contributed by atoms with van der Waals surface area (Å²) in [5.74, 6) is 0. The summed E-state index contributed by atoms with van der Waals surface area (Å²) in [7, 11) is 0. The van der Waals surface area contributed by atoms with Crippen LogP contribution in [-0.2, 0) is 0 Å². The second kappa shape index (κ2) is 7.01. The first-order valence-electron chi connectivity index (χ1n) is 5.96. The number of benzene rings is 1. The van der Waals surface area contributed by atoms with E-state index < -0.39 is 0 Å². The molecule has 1 aromatic carbocycles. The minimum Gasteiger partial charge on any atom is -0.273 e. The molecule has 0 unspecified atom stereocenters. The lowest BCUT2D eigenvalue weighted by Crippen LogP contribution is -2.31. The highest BCUT2D eigenvalue weighted by Crippen LogP contribution is 2.33. The molecule has 0 spiro atoms. The van der Waals surface area contributed by atoms with Crippen LogP contribution in [0.4, 0.5) is 5.69 Å². The molecule has 0 bridgehead atoms. The molecule has 0 aromatic heterocycles. The Morgan fingerprint density at radius 1 is 1.16 bits per heavy atom. The van der Waals surface area contributed by atoms with Crippen molar-refractivity contribution in [3.05, 3.63) is 26.6 Å². The summed E-state index contributed by atoms with van der Waals surface area (Å²) in [6.07, 6.45) is 0. The lowest BCUT2D eigenvalue weighted by Gasteiger charge is -2.25. The third kappa shape index (κ3) is 4.29. The average Bonchev–Trinajstić information content (AvgIpc) is 2.30. The predicted octanol–water partition coefficient (Wildman–Crippen LogP) is 5.20. The summed E-state index contributed by atoms with van der Waals surface area (Å²) in [6, 6.07) is 6.22. The molecule has 102 valence electrons. The van der Waals surface area contributed by atoms with Gasteiger partial charge in [-0.2, -0.15) is 5.26 Å². The van der Waals surface area contributed by atoms with Crippen LogP contribution in [0.25, 0.3) is 0 Å². The van der Waals surface area contributed by atoms with Crippen LogP contribution in [-0.4, -0.2) is 17.1 Å². The van der Waals surface area contributed by atoms with Gasteiger partial charge >= 0.3 is 0 Å². The maximum atomic E-state index is 9.14. The molecule has 0 aliphatic heterocycles. The fourth-order valence-corrected chi connectivity index (χ4v) is 2.96. The number of nitriles is 1. The van der Waals surface area contributed by atoms with Crippen LogP contribution >= 0.6 is 31.9 Å². The van der Waals surface area contributed by atoms with Crippen LogP contribution in [0.3, 0.4) is 0 Å². The van der Waals surface area contributed by atoms with Gasteiger partial charge in [-0.15, -0.1) is 5.11 Å². The minimum absolute atomic E-state index is 0.253. The lowest BCUT2D eigenvalue weighted by molar-refractivity contribution is 0.169. The molecule has 0 saturated heterocycles. The monoisotopic (exact) mass is 386 g/mol. The molecular weight excluding hydrogens is 372 g/mol. The van der Waals surface area contributed by atoms with Crippen LogP contribution in [0.1, 0.15) is 33.3 Å². The van der Waals surface area contributed by atoms with Gasteiger partial charge in [-0.25, -0.2) is 0 Å². The number of rotatable bonds is 4. The van der Waals surface area contributed by atoms with Crippen molar-refractivity contribution in [2.75, 3.05) is 0 Å². The highest BCUT2D eigenvalue weighted by Gasteiger charge is 2.12. The summed E-state index contributed by atoms with van der Waals surface area (Å²) in [5.41, 5.74) is 1.04. The lowest BCUT2D eigenvalue weighted by atomic mass is 10.2. The summed E-state index contributed by atoms with van der Waals surface area (Å²) in [4.78, 5) is 0. The zero-order valence-electron chi connectivity index (χ0n) is 11.4. The van der Waals surface area contributed by atoms with Crippen molar-refractivity contribution in [3.8, 4) is 6.07 Å². The summed E-state index contributed by atoms with van der Waals surface area (Å²) < 4.78 is 1.58. The largest absolute Gasteiger partial charge is 0.273 e. The van der Waals surface area contributed by atoms with Crippen LogP contribution < -0.4 is 0 Å². The molecule has 0 aliphatic rings. The van der Waals surface area contributed by atoms with E-state index in [0.717, 1.165) is 8.95 Å². The fourth-order valence-electron chi connectivity index (χ4n) is 1.65. The highest BCUT2D eigenvalue weighted by molar-refractivity contribution is 9.11. The van der Waals surface area contributed by atoms with E-state index in [4.69, 9.17) is 5.26 Å². The Morgan fingerprint density at radius 2 is 1.74 bits per heavy atom. The van der Waals surface area contributed by atoms with E-state index in [1.807, 2.05) is 11.1 Å². The molecular formula is C13H16Br2N4. The molecule has 1 rings (SSSR count). The summed E-state index contributed by atoms with van der Waals surface area (Å²) in [6.45, 7) is 8.23. The first-order valence-corrected chi connectivity index (χ1v) is 7.54. The second-order valence-corrected chi connectivity index (χ2v) is 6.42.